The van der Waals surface area contributed by atoms with Gasteiger partial charge in [0.25, 0.3) is 0 Å². The summed E-state index contributed by atoms with van der Waals surface area (Å²) in [5, 5.41) is 12.5. The first-order chi connectivity index (χ1) is 7.70. The molecule has 1 saturated heterocycles. The van der Waals surface area contributed by atoms with Crippen molar-refractivity contribution in [2.45, 2.75) is 13.0 Å². The SMILES string of the molecule is C[C@@H]1CN(c2ccc(Br)cc2C#N)CCN1. The van der Waals surface area contributed by atoms with Gasteiger partial charge >= 0.3 is 0 Å². The molecule has 1 aliphatic rings. The van der Waals surface area contributed by atoms with E-state index in [0.29, 0.717) is 6.04 Å². The van der Waals surface area contributed by atoms with Crippen molar-refractivity contribution < 1.29 is 0 Å². The van der Waals surface area contributed by atoms with Crippen LogP contribution in [0.2, 0.25) is 0 Å². The Kier molecular flexibility index (Phi) is 3.47. The Hall–Kier alpha value is -1.05. The maximum absolute atomic E-state index is 9.13. The van der Waals surface area contributed by atoms with E-state index in [1.807, 2.05) is 18.2 Å². The van der Waals surface area contributed by atoms with Crippen molar-refractivity contribution in [3.63, 3.8) is 0 Å². The Balaban J connectivity index is 2.29. The van der Waals surface area contributed by atoms with Gasteiger partial charge in [0.2, 0.25) is 0 Å². The fourth-order valence-electron chi connectivity index (χ4n) is 2.02. The van der Waals surface area contributed by atoms with E-state index in [1.165, 1.54) is 0 Å². The summed E-state index contributed by atoms with van der Waals surface area (Å²) in [4.78, 5) is 2.27. The predicted octanol–water partition coefficient (Wildman–Crippen LogP) is 2.12. The minimum absolute atomic E-state index is 0.476. The first-order valence-electron chi connectivity index (χ1n) is 5.38. The van der Waals surface area contributed by atoms with Crippen LogP contribution in [-0.4, -0.2) is 25.7 Å². The van der Waals surface area contributed by atoms with Gasteiger partial charge in [-0.05, 0) is 25.1 Å². The van der Waals surface area contributed by atoms with Gasteiger partial charge in [0.15, 0.2) is 0 Å². The van der Waals surface area contributed by atoms with Crippen molar-refractivity contribution in [3.8, 4) is 6.07 Å². The van der Waals surface area contributed by atoms with Gasteiger partial charge in [0.05, 0.1) is 11.3 Å². The van der Waals surface area contributed by atoms with Crippen LogP contribution in [0.3, 0.4) is 0 Å². The second-order valence-electron chi connectivity index (χ2n) is 4.07. The molecule has 1 N–H and O–H groups in total. The van der Waals surface area contributed by atoms with Crippen LogP contribution in [0.5, 0.6) is 0 Å². The molecule has 0 spiro atoms. The predicted molar refractivity (Wildman–Crippen MR) is 68.5 cm³/mol. The summed E-state index contributed by atoms with van der Waals surface area (Å²) < 4.78 is 0.955. The summed E-state index contributed by atoms with van der Waals surface area (Å²) in [5.74, 6) is 0. The van der Waals surface area contributed by atoms with Gasteiger partial charge in [-0.1, -0.05) is 15.9 Å². The van der Waals surface area contributed by atoms with Gasteiger partial charge in [0.1, 0.15) is 6.07 Å². The number of nitrogens with zero attached hydrogens (tertiary/aromatic N) is 2. The molecule has 0 radical (unpaired) electrons. The summed E-state index contributed by atoms with van der Waals surface area (Å²) in [6, 6.07) is 8.61. The van der Waals surface area contributed by atoms with E-state index in [4.69, 9.17) is 5.26 Å². The molecule has 0 aromatic heterocycles. The lowest BCUT2D eigenvalue weighted by molar-refractivity contribution is 0.484. The standard InChI is InChI=1S/C12H14BrN3/c1-9-8-16(5-4-15-9)12-3-2-11(13)6-10(12)7-14/h2-3,6,9,15H,4-5,8H2,1H3/t9-/m1/s1. The van der Waals surface area contributed by atoms with Crippen LogP contribution in [-0.2, 0) is 0 Å². The highest BCUT2D eigenvalue weighted by Crippen LogP contribution is 2.24. The van der Waals surface area contributed by atoms with E-state index >= 15 is 0 Å². The lowest BCUT2D eigenvalue weighted by atomic mass is 10.1. The zero-order chi connectivity index (χ0) is 11.5. The van der Waals surface area contributed by atoms with E-state index in [1.54, 1.807) is 0 Å². The minimum Gasteiger partial charge on any atom is -0.368 e. The largest absolute Gasteiger partial charge is 0.368 e. The molecule has 0 amide bonds. The number of benzene rings is 1. The van der Waals surface area contributed by atoms with Crippen LogP contribution in [0, 0.1) is 11.3 Å². The lowest BCUT2D eigenvalue weighted by Crippen LogP contribution is -2.49. The molecule has 4 heteroatoms. The van der Waals surface area contributed by atoms with Gasteiger partial charge < -0.3 is 10.2 Å². The van der Waals surface area contributed by atoms with Crippen molar-refractivity contribution in [2.75, 3.05) is 24.5 Å². The monoisotopic (exact) mass is 279 g/mol. The number of nitrogens with one attached hydrogen (secondary N) is 1. The minimum atomic E-state index is 0.476. The van der Waals surface area contributed by atoms with Crippen LogP contribution in [0.1, 0.15) is 12.5 Å². The van der Waals surface area contributed by atoms with E-state index in [2.05, 4.69) is 39.1 Å². The molecule has 1 aromatic rings. The smallest absolute Gasteiger partial charge is 0.101 e. The third kappa shape index (κ3) is 2.37. The van der Waals surface area contributed by atoms with Gasteiger partial charge in [0, 0.05) is 30.1 Å². The highest BCUT2D eigenvalue weighted by Gasteiger charge is 2.18. The topological polar surface area (TPSA) is 39.1 Å². The molecule has 0 aliphatic carbocycles. The van der Waals surface area contributed by atoms with Crippen molar-refractivity contribution >= 4 is 21.6 Å². The Labute approximate surface area is 104 Å². The van der Waals surface area contributed by atoms with E-state index in [9.17, 15) is 0 Å². The quantitative estimate of drug-likeness (QED) is 0.856. The van der Waals surface area contributed by atoms with Crippen LogP contribution in [0.25, 0.3) is 0 Å². The number of anilines is 1. The Morgan fingerprint density at radius 1 is 1.56 bits per heavy atom. The fourth-order valence-corrected chi connectivity index (χ4v) is 2.39. The molecule has 3 nitrogen and oxygen atoms in total. The summed E-state index contributed by atoms with van der Waals surface area (Å²) in [7, 11) is 0. The molecule has 1 aromatic carbocycles. The van der Waals surface area contributed by atoms with E-state index < -0.39 is 0 Å². The number of halogens is 1. The molecule has 0 unspecified atom stereocenters. The van der Waals surface area contributed by atoms with Crippen molar-refractivity contribution in [1.82, 2.24) is 5.32 Å². The normalized spacial score (nSPS) is 20.6. The van der Waals surface area contributed by atoms with Gasteiger partial charge in [-0.15, -0.1) is 0 Å². The number of piperazine rings is 1. The summed E-state index contributed by atoms with van der Waals surface area (Å²) in [6.07, 6.45) is 0. The molecule has 1 fully saturated rings. The Bertz CT molecular complexity index is 425. The van der Waals surface area contributed by atoms with Crippen molar-refractivity contribution in [2.24, 2.45) is 0 Å². The van der Waals surface area contributed by atoms with Gasteiger partial charge in [-0.3, -0.25) is 0 Å². The first kappa shape index (κ1) is 11.4. The fraction of sp³-hybridized carbons (Fsp3) is 0.417. The Morgan fingerprint density at radius 3 is 3.06 bits per heavy atom. The molecule has 84 valence electrons. The molecular formula is C12H14BrN3. The summed E-state index contributed by atoms with van der Waals surface area (Å²) >= 11 is 3.39. The number of nitriles is 1. The van der Waals surface area contributed by atoms with Crippen LogP contribution >= 0.6 is 15.9 Å². The van der Waals surface area contributed by atoms with Crippen LogP contribution in [0.15, 0.2) is 22.7 Å². The van der Waals surface area contributed by atoms with E-state index in [-0.39, 0.29) is 0 Å². The van der Waals surface area contributed by atoms with Crippen molar-refractivity contribution in [3.05, 3.63) is 28.2 Å². The highest BCUT2D eigenvalue weighted by molar-refractivity contribution is 9.10. The average molecular weight is 280 g/mol. The first-order valence-corrected chi connectivity index (χ1v) is 6.18. The van der Waals surface area contributed by atoms with Gasteiger partial charge in [-0.2, -0.15) is 5.26 Å². The maximum Gasteiger partial charge on any atom is 0.101 e. The zero-order valence-corrected chi connectivity index (χ0v) is 10.8. The van der Waals surface area contributed by atoms with Gasteiger partial charge in [-0.25, -0.2) is 0 Å². The second kappa shape index (κ2) is 4.86. The molecule has 1 heterocycles. The molecule has 0 bridgehead atoms. The average Bonchev–Trinajstić information content (AvgIpc) is 2.28. The lowest BCUT2D eigenvalue weighted by Gasteiger charge is -2.34. The molecular weight excluding hydrogens is 266 g/mol. The number of hydrogen-bond acceptors (Lipinski definition) is 3. The van der Waals surface area contributed by atoms with Crippen molar-refractivity contribution in [1.29, 1.82) is 5.26 Å². The van der Waals surface area contributed by atoms with Crippen LogP contribution < -0.4 is 10.2 Å². The Morgan fingerprint density at radius 2 is 2.38 bits per heavy atom. The molecule has 2 rings (SSSR count). The molecule has 1 atom stereocenters. The summed E-state index contributed by atoms with van der Waals surface area (Å²) in [6.45, 7) is 5.05. The summed E-state index contributed by atoms with van der Waals surface area (Å²) in [5.41, 5.74) is 1.78. The zero-order valence-electron chi connectivity index (χ0n) is 9.20. The van der Waals surface area contributed by atoms with Crippen LogP contribution in [0.4, 0.5) is 5.69 Å². The molecule has 1 aliphatic heterocycles. The number of rotatable bonds is 1. The number of hydrogen-bond donors (Lipinski definition) is 1. The third-order valence-corrected chi connectivity index (χ3v) is 3.28. The molecule has 16 heavy (non-hydrogen) atoms. The third-order valence-electron chi connectivity index (χ3n) is 2.79. The highest BCUT2D eigenvalue weighted by atomic mass is 79.9. The molecule has 0 saturated carbocycles. The second-order valence-corrected chi connectivity index (χ2v) is 4.99. The van der Waals surface area contributed by atoms with E-state index in [0.717, 1.165) is 35.4 Å². The maximum atomic E-state index is 9.13.